The second kappa shape index (κ2) is 7.75. The highest BCUT2D eigenvalue weighted by molar-refractivity contribution is 7.92. The van der Waals surface area contributed by atoms with E-state index < -0.39 is 22.1 Å². The molecule has 3 rings (SSSR count). The molecule has 0 saturated carbocycles. The van der Waals surface area contributed by atoms with E-state index in [0.717, 1.165) is 11.1 Å². The third-order valence-corrected chi connectivity index (χ3v) is 5.96. The Morgan fingerprint density at radius 2 is 1.71 bits per heavy atom. The van der Waals surface area contributed by atoms with E-state index in [9.17, 15) is 18.0 Å². The molecule has 0 radical (unpaired) electrons. The van der Waals surface area contributed by atoms with Gasteiger partial charge in [0.05, 0.1) is 17.5 Å². The SMILES string of the molecule is Cc1ccc(C(=O)[C@@H](C)OC(=O)c2ccc3c(c2)CCCN3S(C)(=O)=O)cc1. The van der Waals surface area contributed by atoms with Crippen LogP contribution in [0, 0.1) is 6.92 Å². The number of anilines is 1. The standard InChI is InChI=1S/C21H23NO5S/c1-14-6-8-16(9-7-14)20(23)15(2)27-21(24)18-10-11-19-17(13-18)5-4-12-22(19)28(3,25)26/h6-11,13,15H,4-5,12H2,1-3H3/t15-/m1/s1. The van der Waals surface area contributed by atoms with Gasteiger partial charge in [-0.1, -0.05) is 29.8 Å². The number of benzene rings is 2. The Kier molecular flexibility index (Phi) is 5.56. The van der Waals surface area contributed by atoms with Gasteiger partial charge in [0.2, 0.25) is 15.8 Å². The summed E-state index contributed by atoms with van der Waals surface area (Å²) in [6.07, 6.45) is 1.61. The Morgan fingerprint density at radius 1 is 1.07 bits per heavy atom. The van der Waals surface area contributed by atoms with Gasteiger partial charge in [-0.3, -0.25) is 9.10 Å². The number of hydrogen-bond acceptors (Lipinski definition) is 5. The molecule has 2 aromatic carbocycles. The maximum Gasteiger partial charge on any atom is 0.338 e. The minimum Gasteiger partial charge on any atom is -0.451 e. The normalized spacial score (nSPS) is 14.9. The first-order valence-electron chi connectivity index (χ1n) is 9.09. The number of carbonyl (C=O) groups is 2. The van der Waals surface area contributed by atoms with E-state index in [0.29, 0.717) is 36.2 Å². The van der Waals surface area contributed by atoms with Gasteiger partial charge in [0.25, 0.3) is 0 Å². The van der Waals surface area contributed by atoms with Crippen molar-refractivity contribution in [3.8, 4) is 0 Å². The lowest BCUT2D eigenvalue weighted by Crippen LogP contribution is -2.34. The summed E-state index contributed by atoms with van der Waals surface area (Å²) < 4.78 is 30.6. The highest BCUT2D eigenvalue weighted by atomic mass is 32.2. The first-order chi connectivity index (χ1) is 13.2. The van der Waals surface area contributed by atoms with Crippen molar-refractivity contribution in [2.75, 3.05) is 17.1 Å². The third-order valence-electron chi connectivity index (χ3n) is 4.78. The number of esters is 1. The van der Waals surface area contributed by atoms with Crippen LogP contribution < -0.4 is 4.31 Å². The summed E-state index contributed by atoms with van der Waals surface area (Å²) in [6, 6.07) is 11.9. The largest absolute Gasteiger partial charge is 0.451 e. The van der Waals surface area contributed by atoms with Gasteiger partial charge in [-0.05, 0) is 50.5 Å². The van der Waals surface area contributed by atoms with Gasteiger partial charge in [0, 0.05) is 12.1 Å². The number of ketones is 1. The maximum atomic E-state index is 12.5. The van der Waals surface area contributed by atoms with Crippen LogP contribution in [0.15, 0.2) is 42.5 Å². The van der Waals surface area contributed by atoms with Gasteiger partial charge in [-0.15, -0.1) is 0 Å². The summed E-state index contributed by atoms with van der Waals surface area (Å²) in [7, 11) is -3.36. The van der Waals surface area contributed by atoms with Gasteiger partial charge in [-0.2, -0.15) is 0 Å². The summed E-state index contributed by atoms with van der Waals surface area (Å²) in [4.78, 5) is 25.0. The van der Waals surface area contributed by atoms with E-state index in [-0.39, 0.29) is 5.78 Å². The maximum absolute atomic E-state index is 12.5. The Hall–Kier alpha value is -2.67. The smallest absolute Gasteiger partial charge is 0.338 e. The van der Waals surface area contributed by atoms with Crippen molar-refractivity contribution in [3.63, 3.8) is 0 Å². The van der Waals surface area contributed by atoms with E-state index >= 15 is 0 Å². The van der Waals surface area contributed by atoms with Crippen molar-refractivity contribution in [3.05, 3.63) is 64.7 Å². The number of Topliss-reactive ketones (excluding diaryl/α,β-unsaturated/α-hetero) is 1. The van der Waals surface area contributed by atoms with Gasteiger partial charge >= 0.3 is 5.97 Å². The molecule has 0 spiro atoms. The third kappa shape index (κ3) is 4.25. The minimum atomic E-state index is -3.36. The predicted molar refractivity (Wildman–Crippen MR) is 107 cm³/mol. The molecule has 0 saturated heterocycles. The van der Waals surface area contributed by atoms with Crippen LogP contribution in [0.5, 0.6) is 0 Å². The molecular weight excluding hydrogens is 378 g/mol. The zero-order valence-corrected chi connectivity index (χ0v) is 17.0. The molecule has 0 N–H and O–H groups in total. The second-order valence-corrected chi connectivity index (χ2v) is 8.97. The molecule has 0 aliphatic carbocycles. The van der Waals surface area contributed by atoms with E-state index in [1.807, 2.05) is 19.1 Å². The lowest BCUT2D eigenvalue weighted by molar-refractivity contribution is 0.0318. The highest BCUT2D eigenvalue weighted by Crippen LogP contribution is 2.30. The van der Waals surface area contributed by atoms with E-state index in [2.05, 4.69) is 0 Å². The summed E-state index contributed by atoms with van der Waals surface area (Å²) in [5.41, 5.74) is 3.20. The zero-order chi connectivity index (χ0) is 20.5. The quantitative estimate of drug-likeness (QED) is 0.568. The predicted octanol–water partition coefficient (Wildman–Crippen LogP) is 3.14. The average Bonchev–Trinajstić information content (AvgIpc) is 2.66. The number of hydrogen-bond donors (Lipinski definition) is 0. The Balaban J connectivity index is 1.76. The molecule has 1 atom stereocenters. The second-order valence-electron chi connectivity index (χ2n) is 7.06. The molecule has 0 aromatic heterocycles. The van der Waals surface area contributed by atoms with Gasteiger partial charge in [-0.25, -0.2) is 13.2 Å². The number of ether oxygens (including phenoxy) is 1. The molecule has 28 heavy (non-hydrogen) atoms. The molecular formula is C21H23NO5S. The number of rotatable bonds is 5. The highest BCUT2D eigenvalue weighted by Gasteiger charge is 2.26. The molecule has 1 aliphatic rings. The summed E-state index contributed by atoms with van der Waals surface area (Å²) in [6.45, 7) is 3.90. The van der Waals surface area contributed by atoms with E-state index in [1.165, 1.54) is 16.6 Å². The number of carbonyl (C=O) groups excluding carboxylic acids is 2. The van der Waals surface area contributed by atoms with Gasteiger partial charge in [0.1, 0.15) is 0 Å². The molecule has 1 heterocycles. The zero-order valence-electron chi connectivity index (χ0n) is 16.1. The molecule has 0 bridgehead atoms. The Bertz CT molecular complexity index is 1010. The summed E-state index contributed by atoms with van der Waals surface area (Å²) in [5.74, 6) is -0.873. The topological polar surface area (TPSA) is 80.8 Å². The molecule has 1 aliphatic heterocycles. The molecule has 0 fully saturated rings. The summed E-state index contributed by atoms with van der Waals surface area (Å²) >= 11 is 0. The summed E-state index contributed by atoms with van der Waals surface area (Å²) in [5, 5.41) is 0. The lowest BCUT2D eigenvalue weighted by Gasteiger charge is -2.29. The van der Waals surface area contributed by atoms with Crippen LogP contribution >= 0.6 is 0 Å². The van der Waals surface area contributed by atoms with Crippen molar-refractivity contribution < 1.29 is 22.7 Å². The van der Waals surface area contributed by atoms with Crippen LogP contribution in [0.3, 0.4) is 0 Å². The fourth-order valence-electron chi connectivity index (χ4n) is 3.27. The Labute approximate surface area is 165 Å². The van der Waals surface area contributed by atoms with E-state index in [4.69, 9.17) is 4.74 Å². The molecule has 2 aromatic rings. The van der Waals surface area contributed by atoms with Crippen molar-refractivity contribution in [2.45, 2.75) is 32.8 Å². The number of nitrogens with zero attached hydrogens (tertiary/aromatic N) is 1. The fraction of sp³-hybridized carbons (Fsp3) is 0.333. The minimum absolute atomic E-state index is 0.269. The lowest BCUT2D eigenvalue weighted by atomic mass is 10.0. The van der Waals surface area contributed by atoms with E-state index in [1.54, 1.807) is 31.2 Å². The van der Waals surface area contributed by atoms with Crippen LogP contribution in [0.25, 0.3) is 0 Å². The molecule has 6 nitrogen and oxygen atoms in total. The van der Waals surface area contributed by atoms with Crippen LogP contribution in [0.2, 0.25) is 0 Å². The van der Waals surface area contributed by atoms with Crippen molar-refractivity contribution in [1.82, 2.24) is 0 Å². The van der Waals surface area contributed by atoms with Gasteiger partial charge < -0.3 is 4.74 Å². The first kappa shape index (κ1) is 20.1. The molecule has 0 amide bonds. The van der Waals surface area contributed by atoms with Crippen LogP contribution in [-0.2, 0) is 21.2 Å². The van der Waals surface area contributed by atoms with Crippen LogP contribution in [0.4, 0.5) is 5.69 Å². The fourth-order valence-corrected chi connectivity index (χ4v) is 4.26. The Morgan fingerprint density at radius 3 is 2.36 bits per heavy atom. The number of fused-ring (bicyclic) bond motifs is 1. The number of aryl methyl sites for hydroxylation is 2. The van der Waals surface area contributed by atoms with Crippen molar-refractivity contribution in [1.29, 1.82) is 0 Å². The number of sulfonamides is 1. The van der Waals surface area contributed by atoms with Gasteiger partial charge in [0.15, 0.2) is 6.10 Å². The first-order valence-corrected chi connectivity index (χ1v) is 10.9. The van der Waals surface area contributed by atoms with Crippen LogP contribution in [-0.4, -0.2) is 39.1 Å². The molecule has 148 valence electrons. The average molecular weight is 401 g/mol. The van der Waals surface area contributed by atoms with Crippen LogP contribution in [0.1, 0.15) is 45.2 Å². The monoisotopic (exact) mass is 401 g/mol. The van der Waals surface area contributed by atoms with Crippen molar-refractivity contribution >= 4 is 27.5 Å². The molecule has 7 heteroatoms. The van der Waals surface area contributed by atoms with Crippen molar-refractivity contribution in [2.24, 2.45) is 0 Å². The molecule has 0 unspecified atom stereocenters.